The predicted octanol–water partition coefficient (Wildman–Crippen LogP) is 1.23. The van der Waals surface area contributed by atoms with Gasteiger partial charge in [0.05, 0.1) is 6.10 Å². The molecule has 0 fully saturated rings. The Kier molecular flexibility index (Phi) is 3.65. The highest BCUT2D eigenvalue weighted by Crippen LogP contribution is 2.18. The molecule has 0 aliphatic heterocycles. The molecular weight excluding hydrogens is 220 g/mol. The van der Waals surface area contributed by atoms with Gasteiger partial charge in [0.2, 0.25) is 0 Å². The van der Waals surface area contributed by atoms with Gasteiger partial charge in [0.25, 0.3) is 0 Å². The third kappa shape index (κ3) is 2.55. The predicted molar refractivity (Wildman–Crippen MR) is 50.6 cm³/mol. The second kappa shape index (κ2) is 4.54. The summed E-state index contributed by atoms with van der Waals surface area (Å²) in [5.41, 5.74) is 6.11. The van der Waals surface area contributed by atoms with Gasteiger partial charge in [-0.3, -0.25) is 4.98 Å². The smallest absolute Gasteiger partial charge is 0.0817 e. The standard InChI is InChI=1S/C8H11BrN2O/c9-7-3-6(4-11-5-7)8(12)1-2-10/h3-5,8,12H,1-2,10H2. The lowest BCUT2D eigenvalue weighted by molar-refractivity contribution is 0.170. The van der Waals surface area contributed by atoms with Crippen molar-refractivity contribution in [3.63, 3.8) is 0 Å². The maximum Gasteiger partial charge on any atom is 0.0817 e. The zero-order chi connectivity index (χ0) is 8.97. The molecule has 0 saturated heterocycles. The molecule has 66 valence electrons. The number of aromatic nitrogens is 1. The van der Waals surface area contributed by atoms with Crippen LogP contribution in [0.15, 0.2) is 22.9 Å². The first-order valence-corrected chi connectivity index (χ1v) is 4.52. The van der Waals surface area contributed by atoms with Gasteiger partial charge in [-0.15, -0.1) is 0 Å². The highest BCUT2D eigenvalue weighted by Gasteiger charge is 2.06. The average molecular weight is 231 g/mol. The zero-order valence-corrected chi connectivity index (χ0v) is 8.16. The summed E-state index contributed by atoms with van der Waals surface area (Å²) < 4.78 is 0.871. The van der Waals surface area contributed by atoms with E-state index in [2.05, 4.69) is 20.9 Å². The SMILES string of the molecule is NCCC(O)c1cncc(Br)c1. The number of hydrogen-bond donors (Lipinski definition) is 2. The van der Waals surface area contributed by atoms with Crippen LogP contribution in [-0.4, -0.2) is 16.6 Å². The highest BCUT2D eigenvalue weighted by atomic mass is 79.9. The fourth-order valence-electron chi connectivity index (χ4n) is 0.935. The topological polar surface area (TPSA) is 59.1 Å². The minimum Gasteiger partial charge on any atom is -0.388 e. The zero-order valence-electron chi connectivity index (χ0n) is 6.57. The summed E-state index contributed by atoms with van der Waals surface area (Å²) in [4.78, 5) is 3.94. The van der Waals surface area contributed by atoms with Crippen LogP contribution in [0.1, 0.15) is 18.1 Å². The molecule has 4 heteroatoms. The van der Waals surface area contributed by atoms with Crippen molar-refractivity contribution in [1.29, 1.82) is 0 Å². The summed E-state index contributed by atoms with van der Waals surface area (Å²) in [6.45, 7) is 0.480. The van der Waals surface area contributed by atoms with Gasteiger partial charge >= 0.3 is 0 Å². The lowest BCUT2D eigenvalue weighted by Crippen LogP contribution is -2.06. The van der Waals surface area contributed by atoms with Crippen LogP contribution in [0.5, 0.6) is 0 Å². The van der Waals surface area contributed by atoms with Crippen LogP contribution in [-0.2, 0) is 0 Å². The van der Waals surface area contributed by atoms with E-state index in [-0.39, 0.29) is 0 Å². The maximum absolute atomic E-state index is 9.50. The molecule has 0 bridgehead atoms. The number of pyridine rings is 1. The number of halogens is 1. The summed E-state index contributed by atoms with van der Waals surface area (Å²) >= 11 is 3.28. The first-order valence-electron chi connectivity index (χ1n) is 3.72. The number of aliphatic hydroxyl groups excluding tert-OH is 1. The van der Waals surface area contributed by atoms with Crippen molar-refractivity contribution in [2.45, 2.75) is 12.5 Å². The van der Waals surface area contributed by atoms with Crippen LogP contribution >= 0.6 is 15.9 Å². The van der Waals surface area contributed by atoms with Crippen molar-refractivity contribution in [2.24, 2.45) is 5.73 Å². The van der Waals surface area contributed by atoms with E-state index in [0.29, 0.717) is 13.0 Å². The summed E-state index contributed by atoms with van der Waals surface area (Å²) in [5.74, 6) is 0. The van der Waals surface area contributed by atoms with E-state index in [1.54, 1.807) is 12.4 Å². The average Bonchev–Trinajstić information content (AvgIpc) is 2.05. The third-order valence-corrected chi connectivity index (χ3v) is 1.98. The second-order valence-electron chi connectivity index (χ2n) is 2.53. The van der Waals surface area contributed by atoms with Crippen LogP contribution in [0, 0.1) is 0 Å². The van der Waals surface area contributed by atoms with Crippen LogP contribution in [0.4, 0.5) is 0 Å². The summed E-state index contributed by atoms with van der Waals surface area (Å²) in [6.07, 6.45) is 3.39. The van der Waals surface area contributed by atoms with Gasteiger partial charge in [0.15, 0.2) is 0 Å². The molecule has 3 nitrogen and oxygen atoms in total. The molecule has 0 saturated carbocycles. The lowest BCUT2D eigenvalue weighted by atomic mass is 10.1. The molecule has 0 aliphatic rings. The Morgan fingerprint density at radius 3 is 2.92 bits per heavy atom. The molecule has 1 aromatic heterocycles. The largest absolute Gasteiger partial charge is 0.388 e. The van der Waals surface area contributed by atoms with Crippen LogP contribution < -0.4 is 5.73 Å². The van der Waals surface area contributed by atoms with Gasteiger partial charge in [-0.1, -0.05) is 0 Å². The molecule has 0 radical (unpaired) electrons. The van der Waals surface area contributed by atoms with Gasteiger partial charge in [-0.05, 0) is 40.5 Å². The summed E-state index contributed by atoms with van der Waals surface area (Å²) in [7, 11) is 0. The molecule has 12 heavy (non-hydrogen) atoms. The van der Waals surface area contributed by atoms with E-state index in [9.17, 15) is 5.11 Å². The Morgan fingerprint density at radius 1 is 1.58 bits per heavy atom. The number of aliphatic hydroxyl groups is 1. The first-order chi connectivity index (χ1) is 5.74. The highest BCUT2D eigenvalue weighted by molar-refractivity contribution is 9.10. The number of hydrogen-bond acceptors (Lipinski definition) is 3. The Labute approximate surface area is 79.7 Å². The van der Waals surface area contributed by atoms with E-state index < -0.39 is 6.10 Å². The van der Waals surface area contributed by atoms with Crippen molar-refractivity contribution in [2.75, 3.05) is 6.54 Å². The summed E-state index contributed by atoms with van der Waals surface area (Å²) in [5, 5.41) is 9.50. The van der Waals surface area contributed by atoms with E-state index >= 15 is 0 Å². The Morgan fingerprint density at radius 2 is 2.33 bits per heavy atom. The molecule has 1 atom stereocenters. The number of nitrogens with zero attached hydrogens (tertiary/aromatic N) is 1. The van der Waals surface area contributed by atoms with E-state index in [1.165, 1.54) is 0 Å². The van der Waals surface area contributed by atoms with Crippen molar-refractivity contribution in [1.82, 2.24) is 4.98 Å². The van der Waals surface area contributed by atoms with E-state index in [0.717, 1.165) is 10.0 Å². The Hall–Kier alpha value is -0.450. The normalized spacial score (nSPS) is 12.9. The molecule has 0 amide bonds. The molecule has 0 aromatic carbocycles. The monoisotopic (exact) mass is 230 g/mol. The molecule has 1 rings (SSSR count). The van der Waals surface area contributed by atoms with Crippen molar-refractivity contribution >= 4 is 15.9 Å². The van der Waals surface area contributed by atoms with Crippen LogP contribution in [0.3, 0.4) is 0 Å². The van der Waals surface area contributed by atoms with Crippen LogP contribution in [0.25, 0.3) is 0 Å². The second-order valence-corrected chi connectivity index (χ2v) is 3.45. The minimum absolute atomic E-state index is 0.480. The van der Waals surface area contributed by atoms with Crippen molar-refractivity contribution in [3.8, 4) is 0 Å². The maximum atomic E-state index is 9.50. The van der Waals surface area contributed by atoms with E-state index in [4.69, 9.17) is 5.73 Å². The minimum atomic E-state index is -0.500. The lowest BCUT2D eigenvalue weighted by Gasteiger charge is -2.08. The third-order valence-electron chi connectivity index (χ3n) is 1.55. The molecule has 1 heterocycles. The molecule has 1 unspecified atom stereocenters. The number of nitrogens with two attached hydrogens (primary N) is 1. The summed E-state index contributed by atoms with van der Waals surface area (Å²) in [6, 6.07) is 1.84. The van der Waals surface area contributed by atoms with Gasteiger partial charge in [-0.25, -0.2) is 0 Å². The molecule has 0 spiro atoms. The van der Waals surface area contributed by atoms with Gasteiger partial charge < -0.3 is 10.8 Å². The fraction of sp³-hybridized carbons (Fsp3) is 0.375. The van der Waals surface area contributed by atoms with Crippen LogP contribution in [0.2, 0.25) is 0 Å². The molecule has 1 aromatic rings. The first kappa shape index (κ1) is 9.64. The Bertz CT molecular complexity index is 255. The van der Waals surface area contributed by atoms with E-state index in [1.807, 2.05) is 6.07 Å². The van der Waals surface area contributed by atoms with Gasteiger partial charge in [0.1, 0.15) is 0 Å². The quantitative estimate of drug-likeness (QED) is 0.822. The fourth-order valence-corrected chi connectivity index (χ4v) is 1.32. The van der Waals surface area contributed by atoms with Gasteiger partial charge in [0, 0.05) is 16.9 Å². The molecule has 0 aliphatic carbocycles. The number of rotatable bonds is 3. The molecular formula is C8H11BrN2O. The Balaban J connectivity index is 2.73. The van der Waals surface area contributed by atoms with Crippen molar-refractivity contribution in [3.05, 3.63) is 28.5 Å². The van der Waals surface area contributed by atoms with Crippen molar-refractivity contribution < 1.29 is 5.11 Å². The molecule has 3 N–H and O–H groups in total. The van der Waals surface area contributed by atoms with Gasteiger partial charge in [-0.2, -0.15) is 0 Å².